The van der Waals surface area contributed by atoms with Gasteiger partial charge in [-0.1, -0.05) is 0 Å². The van der Waals surface area contributed by atoms with Crippen LogP contribution in [0.2, 0.25) is 0 Å². The van der Waals surface area contributed by atoms with Crippen molar-refractivity contribution in [2.24, 2.45) is 5.73 Å². The molecule has 1 aromatic heterocycles. The van der Waals surface area contributed by atoms with E-state index >= 15 is 0 Å². The van der Waals surface area contributed by atoms with Gasteiger partial charge < -0.3 is 5.73 Å². The Morgan fingerprint density at radius 1 is 1.50 bits per heavy atom. The molecule has 2 rings (SSSR count). The Morgan fingerprint density at radius 3 is 2.71 bits per heavy atom. The van der Waals surface area contributed by atoms with Crippen LogP contribution >= 0.6 is 0 Å². The zero-order chi connectivity index (χ0) is 10.0. The fraction of sp³-hybridized carbons (Fsp3) is 0.444. The first-order valence-corrected chi connectivity index (χ1v) is 4.54. The Balaban J connectivity index is 1.89. The zero-order valence-corrected chi connectivity index (χ0v) is 7.73. The van der Waals surface area contributed by atoms with Crippen LogP contribution in [0, 0.1) is 0 Å². The number of amides is 1. The number of nitrogens with one attached hydrogen (secondary N) is 1. The number of hydrogen-bond acceptors (Lipinski definition) is 4. The van der Waals surface area contributed by atoms with E-state index in [2.05, 4.69) is 15.3 Å². The number of nitrogens with two attached hydrogens (primary N) is 1. The maximum Gasteiger partial charge on any atom is 0.229 e. The second-order valence-electron chi connectivity index (χ2n) is 3.66. The van der Waals surface area contributed by atoms with Crippen molar-refractivity contribution in [1.29, 1.82) is 0 Å². The number of carbonyl (C=O) groups is 1. The highest BCUT2D eigenvalue weighted by Gasteiger charge is 2.40. The number of carbonyl (C=O) groups excluding carboxylic acids is 1. The maximum absolute atomic E-state index is 11.4. The highest BCUT2D eigenvalue weighted by molar-refractivity contribution is 5.90. The van der Waals surface area contributed by atoms with Crippen molar-refractivity contribution in [2.75, 3.05) is 5.32 Å². The highest BCUT2D eigenvalue weighted by atomic mass is 16.1. The van der Waals surface area contributed by atoms with Gasteiger partial charge in [-0.15, -0.1) is 0 Å². The molecule has 1 aliphatic rings. The van der Waals surface area contributed by atoms with E-state index in [1.165, 1.54) is 0 Å². The van der Waals surface area contributed by atoms with E-state index in [1.807, 2.05) is 0 Å². The molecule has 1 saturated carbocycles. The lowest BCUT2D eigenvalue weighted by Gasteiger charge is -2.07. The fourth-order valence-corrected chi connectivity index (χ4v) is 1.19. The van der Waals surface area contributed by atoms with E-state index in [4.69, 9.17) is 5.73 Å². The first kappa shape index (κ1) is 9.08. The average molecular weight is 192 g/mol. The van der Waals surface area contributed by atoms with Crippen molar-refractivity contribution in [2.45, 2.75) is 24.8 Å². The monoisotopic (exact) mass is 192 g/mol. The van der Waals surface area contributed by atoms with Crippen LogP contribution in [0.1, 0.15) is 19.3 Å². The van der Waals surface area contributed by atoms with Gasteiger partial charge in [-0.05, 0) is 18.9 Å². The number of nitrogens with zero attached hydrogens (tertiary/aromatic N) is 2. The Bertz CT molecular complexity index is 334. The molecule has 0 saturated heterocycles. The van der Waals surface area contributed by atoms with Gasteiger partial charge in [0.15, 0.2) is 0 Å². The fourth-order valence-electron chi connectivity index (χ4n) is 1.19. The maximum atomic E-state index is 11.4. The third-order valence-corrected chi connectivity index (χ3v) is 2.22. The van der Waals surface area contributed by atoms with Crippen molar-refractivity contribution in [1.82, 2.24) is 9.97 Å². The number of rotatable bonds is 3. The predicted octanol–water partition coefficient (Wildman–Crippen LogP) is 0.296. The first-order valence-electron chi connectivity index (χ1n) is 4.54. The van der Waals surface area contributed by atoms with Crippen LogP contribution in [0.5, 0.6) is 0 Å². The Hall–Kier alpha value is -1.49. The molecule has 0 spiro atoms. The summed E-state index contributed by atoms with van der Waals surface area (Å²) in [7, 11) is 0. The molecule has 1 aliphatic carbocycles. The van der Waals surface area contributed by atoms with Crippen molar-refractivity contribution in [3.05, 3.63) is 18.5 Å². The predicted molar refractivity (Wildman–Crippen MR) is 51.4 cm³/mol. The largest absolute Gasteiger partial charge is 0.325 e. The van der Waals surface area contributed by atoms with Gasteiger partial charge in [-0.25, -0.2) is 9.97 Å². The molecule has 14 heavy (non-hydrogen) atoms. The van der Waals surface area contributed by atoms with E-state index in [0.29, 0.717) is 12.4 Å². The van der Waals surface area contributed by atoms with Crippen LogP contribution in [0.15, 0.2) is 18.5 Å². The summed E-state index contributed by atoms with van der Waals surface area (Å²) >= 11 is 0. The molecule has 5 heteroatoms. The minimum absolute atomic E-state index is 0.115. The standard InChI is InChI=1S/C9H12N4O/c10-9(2-3-9)6-7(14)13-8-11-4-1-5-12-8/h1,4-5H,2-3,6,10H2,(H,11,12,13,14). The van der Waals surface area contributed by atoms with E-state index < -0.39 is 0 Å². The molecule has 0 aromatic carbocycles. The topological polar surface area (TPSA) is 80.9 Å². The van der Waals surface area contributed by atoms with Gasteiger partial charge in [0.2, 0.25) is 11.9 Å². The summed E-state index contributed by atoms with van der Waals surface area (Å²) in [5.74, 6) is 0.220. The summed E-state index contributed by atoms with van der Waals surface area (Å²) in [5, 5.41) is 2.60. The van der Waals surface area contributed by atoms with Crippen molar-refractivity contribution in [3.63, 3.8) is 0 Å². The molecule has 3 N–H and O–H groups in total. The van der Waals surface area contributed by atoms with Crippen LogP contribution in [0.4, 0.5) is 5.95 Å². The highest BCUT2D eigenvalue weighted by Crippen LogP contribution is 2.35. The summed E-state index contributed by atoms with van der Waals surface area (Å²) in [4.78, 5) is 19.2. The normalized spacial score (nSPS) is 17.5. The number of anilines is 1. The quantitative estimate of drug-likeness (QED) is 0.721. The lowest BCUT2D eigenvalue weighted by molar-refractivity contribution is -0.116. The van der Waals surface area contributed by atoms with E-state index in [9.17, 15) is 4.79 Å². The summed E-state index contributed by atoms with van der Waals surface area (Å²) in [5.41, 5.74) is 5.53. The summed E-state index contributed by atoms with van der Waals surface area (Å²) < 4.78 is 0. The van der Waals surface area contributed by atoms with E-state index in [1.54, 1.807) is 18.5 Å². The molecule has 74 valence electrons. The van der Waals surface area contributed by atoms with Gasteiger partial charge in [-0.3, -0.25) is 10.1 Å². The molecule has 1 aromatic rings. The summed E-state index contributed by atoms with van der Waals surface area (Å²) in [6.45, 7) is 0. The first-order chi connectivity index (χ1) is 6.68. The third kappa shape index (κ3) is 2.26. The smallest absolute Gasteiger partial charge is 0.229 e. The molecule has 0 atom stereocenters. The number of aromatic nitrogens is 2. The summed E-state index contributed by atoms with van der Waals surface area (Å²) in [6.07, 6.45) is 5.37. The molecule has 0 bridgehead atoms. The van der Waals surface area contributed by atoms with Crippen molar-refractivity contribution >= 4 is 11.9 Å². The SMILES string of the molecule is NC1(CC(=O)Nc2ncccn2)CC1. The summed E-state index contributed by atoms with van der Waals surface area (Å²) in [6, 6.07) is 1.70. The van der Waals surface area contributed by atoms with Gasteiger partial charge in [0.05, 0.1) is 0 Å². The van der Waals surface area contributed by atoms with Gasteiger partial charge in [-0.2, -0.15) is 0 Å². The molecular weight excluding hydrogens is 180 g/mol. The Kier molecular flexibility index (Phi) is 2.17. The molecule has 1 amide bonds. The third-order valence-electron chi connectivity index (χ3n) is 2.22. The minimum atomic E-state index is -0.265. The van der Waals surface area contributed by atoms with Crippen LogP contribution in [-0.4, -0.2) is 21.4 Å². The molecule has 1 heterocycles. The number of hydrogen-bond donors (Lipinski definition) is 2. The second kappa shape index (κ2) is 3.34. The molecule has 5 nitrogen and oxygen atoms in total. The van der Waals surface area contributed by atoms with Crippen LogP contribution in [0.3, 0.4) is 0 Å². The average Bonchev–Trinajstić information content (AvgIpc) is 2.84. The molecule has 1 fully saturated rings. The van der Waals surface area contributed by atoms with Gasteiger partial charge in [0.25, 0.3) is 0 Å². The second-order valence-corrected chi connectivity index (χ2v) is 3.66. The lowest BCUT2D eigenvalue weighted by atomic mass is 10.2. The van der Waals surface area contributed by atoms with E-state index in [0.717, 1.165) is 12.8 Å². The minimum Gasteiger partial charge on any atom is -0.325 e. The van der Waals surface area contributed by atoms with Crippen LogP contribution in [0.25, 0.3) is 0 Å². The van der Waals surface area contributed by atoms with Crippen molar-refractivity contribution < 1.29 is 4.79 Å². The Labute approximate surface area is 81.7 Å². The molecule has 0 radical (unpaired) electrons. The van der Waals surface area contributed by atoms with Gasteiger partial charge >= 0.3 is 0 Å². The Morgan fingerprint density at radius 2 is 2.14 bits per heavy atom. The van der Waals surface area contributed by atoms with Gasteiger partial charge in [0.1, 0.15) is 0 Å². The zero-order valence-electron chi connectivity index (χ0n) is 7.73. The van der Waals surface area contributed by atoms with Crippen LogP contribution in [-0.2, 0) is 4.79 Å². The lowest BCUT2D eigenvalue weighted by Crippen LogP contribution is -2.29. The molecule has 0 unspecified atom stereocenters. The molecule has 0 aliphatic heterocycles. The molecular formula is C9H12N4O. The van der Waals surface area contributed by atoms with Crippen molar-refractivity contribution in [3.8, 4) is 0 Å². The van der Waals surface area contributed by atoms with Gasteiger partial charge in [0, 0.05) is 24.4 Å². The van der Waals surface area contributed by atoms with Crippen LogP contribution < -0.4 is 11.1 Å². The van der Waals surface area contributed by atoms with E-state index in [-0.39, 0.29) is 11.4 Å².